The molecule has 0 saturated carbocycles. The van der Waals surface area contributed by atoms with Crippen LogP contribution in [0.15, 0.2) is 168 Å². The summed E-state index contributed by atoms with van der Waals surface area (Å²) >= 11 is 0. The van der Waals surface area contributed by atoms with Crippen LogP contribution >= 0.6 is 0 Å². The zero-order valence-corrected chi connectivity index (χ0v) is 34.4. The van der Waals surface area contributed by atoms with E-state index in [0.717, 1.165) is 44.9 Å². The number of aromatic nitrogens is 1. The lowest BCUT2D eigenvalue weighted by molar-refractivity contribution is 0.275. The molecule has 8 aliphatic rings. The number of benzene rings is 3. The van der Waals surface area contributed by atoms with Gasteiger partial charge in [-0.25, -0.2) is 0 Å². The predicted octanol–water partition coefficient (Wildman–Crippen LogP) is 13.8. The minimum atomic E-state index is 0.0928. The summed E-state index contributed by atoms with van der Waals surface area (Å²) in [4.78, 5) is 10.0. The number of allylic oxidation sites excluding steroid dienone is 13. The summed E-state index contributed by atoms with van der Waals surface area (Å²) in [5, 5.41) is 0. The molecule has 59 heavy (non-hydrogen) atoms. The van der Waals surface area contributed by atoms with Gasteiger partial charge in [-0.1, -0.05) is 111 Å². The molecule has 0 N–H and O–H groups in total. The number of nitrogens with zero attached hydrogens (tertiary/aromatic N) is 3. The molecule has 0 saturated heterocycles. The van der Waals surface area contributed by atoms with Crippen molar-refractivity contribution >= 4 is 22.5 Å². The molecule has 3 heterocycles. The summed E-state index contributed by atoms with van der Waals surface area (Å²) in [6.45, 7) is 4.85. The highest BCUT2D eigenvalue weighted by atomic mass is 15.2. The van der Waals surface area contributed by atoms with Crippen LogP contribution < -0.4 is 4.90 Å². The van der Waals surface area contributed by atoms with Gasteiger partial charge >= 0.3 is 0 Å². The third-order valence-corrected chi connectivity index (χ3v) is 15.3. The number of hydrogen-bond donors (Lipinski definition) is 0. The van der Waals surface area contributed by atoms with Gasteiger partial charge in [0.05, 0.1) is 6.04 Å². The molecular weight excluding hydrogens is 715 g/mol. The van der Waals surface area contributed by atoms with Gasteiger partial charge in [-0.05, 0) is 150 Å². The Kier molecular flexibility index (Phi) is 8.19. The molecule has 0 amide bonds. The van der Waals surface area contributed by atoms with E-state index < -0.39 is 0 Å². The maximum atomic E-state index is 4.51. The van der Waals surface area contributed by atoms with Crippen LogP contribution in [0.1, 0.15) is 111 Å². The second-order valence-electron chi connectivity index (χ2n) is 18.7. The highest BCUT2D eigenvalue weighted by molar-refractivity contribution is 5.84. The lowest BCUT2D eigenvalue weighted by atomic mass is 9.77. The fraction of sp³-hybridized carbons (Fsp3) is 0.304. The third kappa shape index (κ3) is 5.57. The highest BCUT2D eigenvalue weighted by Gasteiger charge is 2.47. The Morgan fingerprint density at radius 3 is 2.53 bits per heavy atom. The zero-order chi connectivity index (χ0) is 39.2. The van der Waals surface area contributed by atoms with Gasteiger partial charge in [-0.2, -0.15) is 0 Å². The van der Waals surface area contributed by atoms with Crippen molar-refractivity contribution in [1.29, 1.82) is 0 Å². The van der Waals surface area contributed by atoms with E-state index in [1.54, 1.807) is 22.4 Å². The first-order valence-electron chi connectivity index (χ1n) is 22.4. The van der Waals surface area contributed by atoms with Gasteiger partial charge < -0.3 is 9.80 Å². The largest absolute Gasteiger partial charge is 0.344 e. The van der Waals surface area contributed by atoms with Crippen LogP contribution in [-0.4, -0.2) is 22.0 Å². The molecule has 0 spiro atoms. The smallest absolute Gasteiger partial charge is 0.0591 e. The molecule has 1 aromatic heterocycles. The molecule has 292 valence electrons. The summed E-state index contributed by atoms with van der Waals surface area (Å²) in [6, 6.07) is 29.1. The lowest BCUT2D eigenvalue weighted by Crippen LogP contribution is -2.36. The zero-order valence-electron chi connectivity index (χ0n) is 34.4. The SMILES string of the molecule is CC1(C)C2=CC=C(N3C4=C(C=CCC4)C4C=C(c5ccc6c(c5)C5CCC=CC5N6c5cc(C6=CC=CCC6)cc(-c6cccnc6)c5)CCC43)CC2c2ccccc21. The fourth-order valence-corrected chi connectivity index (χ4v) is 12.5. The molecule has 3 heteroatoms. The number of fused-ring (bicyclic) bond motifs is 8. The van der Waals surface area contributed by atoms with Crippen molar-refractivity contribution in [1.82, 2.24) is 9.88 Å². The maximum Gasteiger partial charge on any atom is 0.0591 e. The predicted molar refractivity (Wildman–Crippen MR) is 244 cm³/mol. The molecule has 6 aliphatic carbocycles. The van der Waals surface area contributed by atoms with Crippen molar-refractivity contribution in [3.63, 3.8) is 0 Å². The van der Waals surface area contributed by atoms with Crippen molar-refractivity contribution in [3.8, 4) is 11.1 Å². The van der Waals surface area contributed by atoms with E-state index in [0.29, 0.717) is 29.8 Å². The number of rotatable bonds is 5. The Labute approximate surface area is 350 Å². The average molecular weight is 768 g/mol. The Morgan fingerprint density at radius 1 is 0.712 bits per heavy atom. The second-order valence-corrected chi connectivity index (χ2v) is 18.7. The number of pyridine rings is 1. The summed E-state index contributed by atoms with van der Waals surface area (Å²) in [5.74, 6) is 1.39. The lowest BCUT2D eigenvalue weighted by Gasteiger charge is -2.39. The molecule has 2 aliphatic heterocycles. The molecule has 0 bridgehead atoms. The van der Waals surface area contributed by atoms with Crippen molar-refractivity contribution < 1.29 is 0 Å². The van der Waals surface area contributed by atoms with Gasteiger partial charge in [0.25, 0.3) is 0 Å². The van der Waals surface area contributed by atoms with E-state index in [9.17, 15) is 0 Å². The van der Waals surface area contributed by atoms with Gasteiger partial charge in [0.2, 0.25) is 0 Å². The Bertz CT molecular complexity index is 2660. The van der Waals surface area contributed by atoms with E-state index in [-0.39, 0.29) is 5.41 Å². The second kappa shape index (κ2) is 13.7. The van der Waals surface area contributed by atoms with Crippen molar-refractivity contribution in [2.24, 2.45) is 5.92 Å². The molecule has 3 aromatic carbocycles. The topological polar surface area (TPSA) is 19.4 Å². The molecule has 0 fully saturated rings. The molecule has 5 atom stereocenters. The van der Waals surface area contributed by atoms with Crippen molar-refractivity contribution in [2.75, 3.05) is 4.90 Å². The summed E-state index contributed by atoms with van der Waals surface area (Å²) in [5.41, 5.74) is 21.7. The Hall–Kier alpha value is -5.67. The average Bonchev–Trinajstić information content (AvgIpc) is 3.89. The van der Waals surface area contributed by atoms with Crippen LogP contribution in [0.2, 0.25) is 0 Å². The van der Waals surface area contributed by atoms with E-state index in [1.165, 1.54) is 74.4 Å². The van der Waals surface area contributed by atoms with Gasteiger partial charge in [0, 0.05) is 69.9 Å². The van der Waals surface area contributed by atoms with Gasteiger partial charge in [-0.3, -0.25) is 4.98 Å². The van der Waals surface area contributed by atoms with Crippen LogP contribution in [0.3, 0.4) is 0 Å². The maximum absolute atomic E-state index is 4.51. The van der Waals surface area contributed by atoms with E-state index in [4.69, 9.17) is 0 Å². The number of anilines is 2. The van der Waals surface area contributed by atoms with Crippen LogP contribution in [0.25, 0.3) is 22.3 Å². The molecule has 0 radical (unpaired) electrons. The number of hydrogen-bond acceptors (Lipinski definition) is 3. The molecule has 3 nitrogen and oxygen atoms in total. The minimum Gasteiger partial charge on any atom is -0.344 e. The van der Waals surface area contributed by atoms with Crippen molar-refractivity contribution in [2.45, 2.75) is 101 Å². The normalized spacial score (nSPS) is 26.9. The molecular formula is C56H53N3. The summed E-state index contributed by atoms with van der Waals surface area (Å²) in [7, 11) is 0. The van der Waals surface area contributed by atoms with E-state index in [1.807, 2.05) is 12.4 Å². The third-order valence-electron chi connectivity index (χ3n) is 15.3. The van der Waals surface area contributed by atoms with Gasteiger partial charge in [0.1, 0.15) is 0 Å². The highest BCUT2D eigenvalue weighted by Crippen LogP contribution is 2.57. The van der Waals surface area contributed by atoms with Crippen LogP contribution in [0.5, 0.6) is 0 Å². The molecule has 5 unspecified atom stereocenters. The Morgan fingerprint density at radius 2 is 1.63 bits per heavy atom. The summed E-state index contributed by atoms with van der Waals surface area (Å²) in [6.07, 6.45) is 38.4. The first-order valence-corrected chi connectivity index (χ1v) is 22.4. The summed E-state index contributed by atoms with van der Waals surface area (Å²) < 4.78 is 0. The Balaban J connectivity index is 0.897. The standard InChI is InChI=1S/C56H53N3/c1-56(2)50-19-9-6-16-44(50)47-34-42(24-25-51(47)56)58-52-20-10-7-17-45(52)48-32-37(22-26-54(48)58)38-23-27-55-49(33-38)46-18-8-11-21-53(46)59(55)43-30-40(36-13-4-3-5-14-36)29-41(31-43)39-15-12-28-57-35-39/h3-4,6-7,9,11-13,15-17,19,21,23-25,27-33,35,46-48,53-54H,5,8,10,14,18,20,22,26,34H2,1-2H3. The monoisotopic (exact) mass is 767 g/mol. The fourth-order valence-electron chi connectivity index (χ4n) is 12.5. The van der Waals surface area contributed by atoms with Crippen molar-refractivity contribution in [3.05, 3.63) is 196 Å². The van der Waals surface area contributed by atoms with Gasteiger partial charge in [-0.15, -0.1) is 0 Å². The first-order chi connectivity index (χ1) is 29.0. The van der Waals surface area contributed by atoms with E-state index >= 15 is 0 Å². The van der Waals surface area contributed by atoms with Crippen LogP contribution in [0, 0.1) is 5.92 Å². The molecule has 12 rings (SSSR count). The molecule has 4 aromatic rings. The minimum absolute atomic E-state index is 0.0928. The van der Waals surface area contributed by atoms with E-state index in [2.05, 4.69) is 162 Å². The first kappa shape index (κ1) is 35.3. The van der Waals surface area contributed by atoms with Gasteiger partial charge in [0.15, 0.2) is 0 Å². The quantitative estimate of drug-likeness (QED) is 0.189. The van der Waals surface area contributed by atoms with Crippen LogP contribution in [0.4, 0.5) is 11.4 Å². The van der Waals surface area contributed by atoms with Crippen LogP contribution in [-0.2, 0) is 5.41 Å².